The first-order valence-corrected chi connectivity index (χ1v) is 3.32. The Morgan fingerprint density at radius 3 is 2.69 bits per heavy atom. The van der Waals surface area contributed by atoms with E-state index in [0.717, 1.165) is 10.6 Å². The lowest BCUT2D eigenvalue weighted by atomic mass is 10.5. The number of nitrogens with one attached hydrogen (secondary N) is 1. The van der Waals surface area contributed by atoms with Gasteiger partial charge < -0.3 is 10.8 Å². The molecule has 7 heteroatoms. The van der Waals surface area contributed by atoms with Crippen LogP contribution in [0.3, 0.4) is 0 Å². The monoisotopic (exact) mass is 185 g/mol. The van der Waals surface area contributed by atoms with Crippen LogP contribution >= 0.6 is 0 Å². The summed E-state index contributed by atoms with van der Waals surface area (Å²) in [5.74, 6) is -1.38. The molecule has 1 aromatic rings. The molecule has 0 radical (unpaired) electrons. The molecule has 0 saturated heterocycles. The fraction of sp³-hybridized carbons (Fsp3) is 0.167. The van der Waals surface area contributed by atoms with Crippen molar-refractivity contribution in [2.45, 2.75) is 6.54 Å². The molecule has 0 atom stereocenters. The summed E-state index contributed by atoms with van der Waals surface area (Å²) >= 11 is 0. The third-order valence-electron chi connectivity index (χ3n) is 1.36. The van der Waals surface area contributed by atoms with Crippen molar-refractivity contribution < 1.29 is 9.90 Å². The SMILES string of the molecule is Nc1cc(=O)[nH]c(=O)n1CC(=O)O. The lowest BCUT2D eigenvalue weighted by Gasteiger charge is -2.03. The second-order valence-corrected chi connectivity index (χ2v) is 2.34. The fourth-order valence-electron chi connectivity index (χ4n) is 0.837. The van der Waals surface area contributed by atoms with E-state index in [1.54, 1.807) is 0 Å². The summed E-state index contributed by atoms with van der Waals surface area (Å²) in [6, 6.07) is 0.949. The Bertz CT molecular complexity index is 444. The lowest BCUT2D eigenvalue weighted by molar-refractivity contribution is -0.137. The van der Waals surface area contributed by atoms with Crippen LogP contribution < -0.4 is 17.0 Å². The maximum atomic E-state index is 11.0. The Morgan fingerprint density at radius 2 is 2.23 bits per heavy atom. The van der Waals surface area contributed by atoms with E-state index in [1.807, 2.05) is 4.98 Å². The zero-order valence-electron chi connectivity index (χ0n) is 6.48. The van der Waals surface area contributed by atoms with Crippen molar-refractivity contribution in [1.29, 1.82) is 0 Å². The number of carboxylic acids is 1. The van der Waals surface area contributed by atoms with Crippen LogP contribution in [0.15, 0.2) is 15.7 Å². The Balaban J connectivity index is 3.29. The normalized spacial score (nSPS) is 9.85. The van der Waals surface area contributed by atoms with Crippen LogP contribution in [0.1, 0.15) is 0 Å². The minimum Gasteiger partial charge on any atom is -0.480 e. The molecule has 7 nitrogen and oxygen atoms in total. The van der Waals surface area contributed by atoms with E-state index in [4.69, 9.17) is 10.8 Å². The zero-order chi connectivity index (χ0) is 10.0. The zero-order valence-corrected chi connectivity index (χ0v) is 6.48. The predicted molar refractivity (Wildman–Crippen MR) is 43.4 cm³/mol. The van der Waals surface area contributed by atoms with Crippen molar-refractivity contribution in [2.75, 3.05) is 5.73 Å². The van der Waals surface area contributed by atoms with Gasteiger partial charge >= 0.3 is 11.7 Å². The number of nitrogens with two attached hydrogens (primary N) is 1. The largest absolute Gasteiger partial charge is 0.480 e. The topological polar surface area (TPSA) is 118 Å². The molecule has 0 fully saturated rings. The number of carboxylic acid groups (broad SMARTS) is 1. The summed E-state index contributed by atoms with van der Waals surface area (Å²) in [6.45, 7) is -0.568. The van der Waals surface area contributed by atoms with Crippen molar-refractivity contribution in [3.63, 3.8) is 0 Å². The number of anilines is 1. The maximum Gasteiger partial charge on any atom is 0.330 e. The maximum absolute atomic E-state index is 11.0. The Kier molecular flexibility index (Phi) is 2.18. The second-order valence-electron chi connectivity index (χ2n) is 2.34. The predicted octanol–water partition coefficient (Wildman–Crippen LogP) is -1.80. The fourth-order valence-corrected chi connectivity index (χ4v) is 0.837. The van der Waals surface area contributed by atoms with Crippen molar-refractivity contribution >= 4 is 11.8 Å². The molecule has 0 bridgehead atoms. The highest BCUT2D eigenvalue weighted by Gasteiger charge is 2.05. The highest BCUT2D eigenvalue weighted by Crippen LogP contribution is 1.91. The van der Waals surface area contributed by atoms with E-state index in [9.17, 15) is 14.4 Å². The van der Waals surface area contributed by atoms with Gasteiger partial charge in [-0.05, 0) is 0 Å². The van der Waals surface area contributed by atoms with Crippen LogP contribution in [0, 0.1) is 0 Å². The summed E-state index contributed by atoms with van der Waals surface area (Å²) in [6.07, 6.45) is 0. The lowest BCUT2D eigenvalue weighted by Crippen LogP contribution is -2.33. The minimum atomic E-state index is -1.21. The number of hydrogen-bond acceptors (Lipinski definition) is 4. The van der Waals surface area contributed by atoms with Gasteiger partial charge in [0.2, 0.25) is 0 Å². The number of rotatable bonds is 2. The number of carbonyl (C=O) groups is 1. The molecule has 4 N–H and O–H groups in total. The van der Waals surface area contributed by atoms with Gasteiger partial charge in [0.25, 0.3) is 5.56 Å². The van der Waals surface area contributed by atoms with Gasteiger partial charge in [-0.1, -0.05) is 0 Å². The van der Waals surface area contributed by atoms with Gasteiger partial charge in [-0.2, -0.15) is 0 Å². The van der Waals surface area contributed by atoms with E-state index in [-0.39, 0.29) is 5.82 Å². The average Bonchev–Trinajstić information content (AvgIpc) is 1.96. The number of H-pyrrole nitrogens is 1. The number of aromatic amines is 1. The molecule has 0 aliphatic heterocycles. The molecule has 13 heavy (non-hydrogen) atoms. The highest BCUT2D eigenvalue weighted by molar-refractivity contribution is 5.67. The van der Waals surface area contributed by atoms with Gasteiger partial charge in [-0.15, -0.1) is 0 Å². The van der Waals surface area contributed by atoms with Crippen LogP contribution in [0.2, 0.25) is 0 Å². The second kappa shape index (κ2) is 3.13. The quantitative estimate of drug-likeness (QED) is 0.502. The molecule has 0 unspecified atom stereocenters. The van der Waals surface area contributed by atoms with Gasteiger partial charge in [0.15, 0.2) is 0 Å². The van der Waals surface area contributed by atoms with E-state index >= 15 is 0 Å². The number of nitrogens with zero attached hydrogens (tertiary/aromatic N) is 1. The third kappa shape index (κ3) is 1.95. The average molecular weight is 185 g/mol. The third-order valence-corrected chi connectivity index (χ3v) is 1.36. The van der Waals surface area contributed by atoms with Crippen molar-refractivity contribution in [3.05, 3.63) is 26.9 Å². The molecular formula is C6H7N3O4. The molecule has 70 valence electrons. The Labute approximate surface area is 71.4 Å². The highest BCUT2D eigenvalue weighted by atomic mass is 16.4. The van der Waals surface area contributed by atoms with Gasteiger partial charge in [-0.3, -0.25) is 19.1 Å². The van der Waals surface area contributed by atoms with Gasteiger partial charge in [0, 0.05) is 6.07 Å². The van der Waals surface area contributed by atoms with Gasteiger partial charge in [0.1, 0.15) is 12.4 Å². The summed E-state index contributed by atoms with van der Waals surface area (Å²) < 4.78 is 0.754. The van der Waals surface area contributed by atoms with E-state index < -0.39 is 23.8 Å². The van der Waals surface area contributed by atoms with Crippen LogP contribution in [0.25, 0.3) is 0 Å². The number of hydrogen-bond donors (Lipinski definition) is 3. The smallest absolute Gasteiger partial charge is 0.330 e. The molecule has 1 aromatic heterocycles. The first-order valence-electron chi connectivity index (χ1n) is 3.32. The standard InChI is InChI=1S/C6H7N3O4/c7-3-1-4(10)8-6(13)9(3)2-5(11)12/h1H,2,7H2,(H,11,12)(H,8,10,13). The molecular weight excluding hydrogens is 178 g/mol. The van der Waals surface area contributed by atoms with Crippen molar-refractivity contribution in [1.82, 2.24) is 9.55 Å². The number of aromatic nitrogens is 2. The number of nitrogen functional groups attached to an aromatic ring is 1. The first kappa shape index (κ1) is 9.04. The van der Waals surface area contributed by atoms with Crippen LogP contribution in [0.5, 0.6) is 0 Å². The Morgan fingerprint density at radius 1 is 1.62 bits per heavy atom. The van der Waals surface area contributed by atoms with Crippen molar-refractivity contribution in [3.8, 4) is 0 Å². The van der Waals surface area contributed by atoms with Crippen LogP contribution in [-0.2, 0) is 11.3 Å². The Hall–Kier alpha value is -2.05. The summed E-state index contributed by atoms with van der Waals surface area (Å²) in [4.78, 5) is 33.8. The molecule has 0 saturated carbocycles. The van der Waals surface area contributed by atoms with E-state index in [2.05, 4.69) is 0 Å². The summed E-state index contributed by atoms with van der Waals surface area (Å²) in [7, 11) is 0. The van der Waals surface area contributed by atoms with Crippen LogP contribution in [0.4, 0.5) is 5.82 Å². The van der Waals surface area contributed by atoms with E-state index in [0.29, 0.717) is 0 Å². The molecule has 0 aromatic carbocycles. The van der Waals surface area contributed by atoms with Crippen molar-refractivity contribution in [2.24, 2.45) is 0 Å². The molecule has 0 aliphatic carbocycles. The van der Waals surface area contributed by atoms with E-state index in [1.165, 1.54) is 0 Å². The number of aliphatic carboxylic acids is 1. The summed E-state index contributed by atoms with van der Waals surface area (Å²) in [5.41, 5.74) is 3.77. The molecule has 0 amide bonds. The molecule has 0 aliphatic rings. The first-order chi connectivity index (χ1) is 6.00. The molecule has 1 heterocycles. The summed E-state index contributed by atoms with van der Waals surface area (Å²) in [5, 5.41) is 8.38. The van der Waals surface area contributed by atoms with Crippen LogP contribution in [-0.4, -0.2) is 20.6 Å². The van der Waals surface area contributed by atoms with Gasteiger partial charge in [0.05, 0.1) is 0 Å². The minimum absolute atomic E-state index is 0.170. The molecule has 0 spiro atoms. The van der Waals surface area contributed by atoms with Gasteiger partial charge in [-0.25, -0.2) is 4.79 Å². The molecule has 1 rings (SSSR count).